The summed E-state index contributed by atoms with van der Waals surface area (Å²) in [7, 11) is 3.55. The number of rotatable bonds is 6. The maximum absolute atomic E-state index is 11.9. The fourth-order valence-corrected chi connectivity index (χ4v) is 3.64. The van der Waals surface area contributed by atoms with E-state index in [0.717, 1.165) is 19.0 Å². The van der Waals surface area contributed by atoms with Crippen LogP contribution in [0.1, 0.15) is 51.9 Å². The second-order valence-electron chi connectivity index (χ2n) is 7.24. The average molecular weight is 338 g/mol. The fraction of sp³-hybridized carbons (Fsp3) is 0.889. The molecule has 1 atom stereocenters. The van der Waals surface area contributed by atoms with Gasteiger partial charge < -0.3 is 15.5 Å². The molecule has 1 amide bonds. The molecule has 24 heavy (non-hydrogen) atoms. The molecule has 0 aromatic heterocycles. The van der Waals surface area contributed by atoms with Gasteiger partial charge in [0.15, 0.2) is 5.96 Å². The first kappa shape index (κ1) is 19.0. The van der Waals surface area contributed by atoms with Crippen molar-refractivity contribution < 1.29 is 4.79 Å². The lowest BCUT2D eigenvalue weighted by molar-refractivity contribution is -0.127. The Morgan fingerprint density at radius 2 is 1.92 bits per heavy atom. The molecule has 138 valence electrons. The first-order valence-corrected chi connectivity index (χ1v) is 9.59. The molecule has 1 unspecified atom stereocenters. The minimum atomic E-state index is 0.0378. The summed E-state index contributed by atoms with van der Waals surface area (Å²) in [5, 5.41) is 7.05. The zero-order chi connectivity index (χ0) is 17.4. The Morgan fingerprint density at radius 3 is 2.58 bits per heavy atom. The van der Waals surface area contributed by atoms with Crippen LogP contribution in [0.4, 0.5) is 0 Å². The van der Waals surface area contributed by atoms with Gasteiger partial charge in [-0.05, 0) is 38.8 Å². The monoisotopic (exact) mass is 337 g/mol. The SMILES string of the molecule is CCN1CCCC1CNC(=NCC(=O)N(C)C)NC1CCCCC1. The summed E-state index contributed by atoms with van der Waals surface area (Å²) in [6.07, 6.45) is 8.84. The lowest BCUT2D eigenvalue weighted by Gasteiger charge is -2.27. The Hall–Kier alpha value is -1.30. The summed E-state index contributed by atoms with van der Waals surface area (Å²) in [6, 6.07) is 1.07. The van der Waals surface area contributed by atoms with E-state index in [1.165, 1.54) is 51.5 Å². The van der Waals surface area contributed by atoms with Gasteiger partial charge in [0.05, 0.1) is 0 Å². The van der Waals surface area contributed by atoms with E-state index in [4.69, 9.17) is 0 Å². The summed E-state index contributed by atoms with van der Waals surface area (Å²) >= 11 is 0. The summed E-state index contributed by atoms with van der Waals surface area (Å²) < 4.78 is 0. The van der Waals surface area contributed by atoms with E-state index in [-0.39, 0.29) is 12.5 Å². The van der Waals surface area contributed by atoms with Crippen molar-refractivity contribution in [2.45, 2.75) is 64.0 Å². The van der Waals surface area contributed by atoms with Gasteiger partial charge in [-0.15, -0.1) is 0 Å². The van der Waals surface area contributed by atoms with Crippen LogP contribution in [0.2, 0.25) is 0 Å². The number of likely N-dealkylation sites (N-methyl/N-ethyl adjacent to an activating group) is 2. The van der Waals surface area contributed by atoms with Crippen molar-refractivity contribution >= 4 is 11.9 Å². The molecule has 1 aliphatic carbocycles. The average Bonchev–Trinajstić information content (AvgIpc) is 3.05. The van der Waals surface area contributed by atoms with Crippen molar-refractivity contribution in [3.63, 3.8) is 0 Å². The van der Waals surface area contributed by atoms with Gasteiger partial charge >= 0.3 is 0 Å². The fourth-order valence-electron chi connectivity index (χ4n) is 3.64. The molecule has 0 spiro atoms. The third-order valence-electron chi connectivity index (χ3n) is 5.23. The Labute approximate surface area is 147 Å². The number of likely N-dealkylation sites (tertiary alicyclic amines) is 1. The molecule has 0 bridgehead atoms. The standard InChI is InChI=1S/C18H35N5O/c1-4-23-12-8-11-16(23)13-19-18(20-14-17(24)22(2)3)21-15-9-6-5-7-10-15/h15-16H,4-14H2,1-3H3,(H2,19,20,21). The second-order valence-corrected chi connectivity index (χ2v) is 7.24. The molecule has 1 saturated heterocycles. The largest absolute Gasteiger partial charge is 0.355 e. The van der Waals surface area contributed by atoms with Crippen LogP contribution >= 0.6 is 0 Å². The smallest absolute Gasteiger partial charge is 0.243 e. The van der Waals surface area contributed by atoms with E-state index in [1.807, 2.05) is 0 Å². The Kier molecular flexibility index (Phi) is 7.82. The molecule has 0 aromatic rings. The summed E-state index contributed by atoms with van der Waals surface area (Å²) in [5.41, 5.74) is 0. The van der Waals surface area contributed by atoms with Crippen molar-refractivity contribution in [1.29, 1.82) is 0 Å². The highest BCUT2D eigenvalue weighted by molar-refractivity contribution is 5.84. The molecule has 1 heterocycles. The van der Waals surface area contributed by atoms with E-state index in [9.17, 15) is 4.79 Å². The van der Waals surface area contributed by atoms with Crippen LogP contribution in [0.25, 0.3) is 0 Å². The van der Waals surface area contributed by atoms with E-state index >= 15 is 0 Å². The predicted octanol–water partition coefficient (Wildman–Crippen LogP) is 1.43. The van der Waals surface area contributed by atoms with Crippen molar-refractivity contribution in [1.82, 2.24) is 20.4 Å². The highest BCUT2D eigenvalue weighted by Crippen LogP contribution is 2.18. The zero-order valence-corrected chi connectivity index (χ0v) is 15.7. The highest BCUT2D eigenvalue weighted by atomic mass is 16.2. The third-order valence-corrected chi connectivity index (χ3v) is 5.23. The van der Waals surface area contributed by atoms with Crippen molar-refractivity contribution in [2.75, 3.05) is 40.3 Å². The Bertz CT molecular complexity index is 418. The number of guanidine groups is 1. The van der Waals surface area contributed by atoms with Gasteiger partial charge in [-0.3, -0.25) is 9.69 Å². The zero-order valence-electron chi connectivity index (χ0n) is 15.7. The molecule has 0 aromatic carbocycles. The molecular formula is C18H35N5O. The Balaban J connectivity index is 1.90. The van der Waals surface area contributed by atoms with E-state index in [1.54, 1.807) is 19.0 Å². The molecule has 2 rings (SSSR count). The number of hydrogen-bond donors (Lipinski definition) is 2. The topological polar surface area (TPSA) is 60.0 Å². The number of nitrogens with zero attached hydrogens (tertiary/aromatic N) is 3. The van der Waals surface area contributed by atoms with Crippen LogP contribution in [0.15, 0.2) is 4.99 Å². The highest BCUT2D eigenvalue weighted by Gasteiger charge is 2.23. The number of nitrogens with one attached hydrogen (secondary N) is 2. The molecule has 1 saturated carbocycles. The molecule has 1 aliphatic heterocycles. The second kappa shape index (κ2) is 9.87. The first-order valence-electron chi connectivity index (χ1n) is 9.59. The van der Waals surface area contributed by atoms with Gasteiger partial charge in [-0.1, -0.05) is 26.2 Å². The minimum Gasteiger partial charge on any atom is -0.355 e. The maximum Gasteiger partial charge on any atom is 0.243 e. The van der Waals surface area contributed by atoms with Crippen LogP contribution in [-0.4, -0.2) is 74.0 Å². The van der Waals surface area contributed by atoms with Gasteiger partial charge in [0.2, 0.25) is 5.91 Å². The molecule has 2 N–H and O–H groups in total. The Morgan fingerprint density at radius 1 is 1.17 bits per heavy atom. The van der Waals surface area contributed by atoms with Gasteiger partial charge in [-0.25, -0.2) is 4.99 Å². The number of carbonyl (C=O) groups excluding carboxylic acids is 1. The number of carbonyl (C=O) groups is 1. The molecule has 2 aliphatic rings. The normalized spacial score (nSPS) is 23.3. The summed E-state index contributed by atoms with van der Waals surface area (Å²) in [5.74, 6) is 0.843. The van der Waals surface area contributed by atoms with Crippen LogP contribution in [0, 0.1) is 0 Å². The predicted molar refractivity (Wildman–Crippen MR) is 99.3 cm³/mol. The van der Waals surface area contributed by atoms with Crippen LogP contribution in [0.3, 0.4) is 0 Å². The molecule has 2 fully saturated rings. The van der Waals surface area contributed by atoms with Gasteiger partial charge in [0, 0.05) is 32.7 Å². The molecule has 6 heteroatoms. The van der Waals surface area contributed by atoms with Crippen molar-refractivity contribution in [2.24, 2.45) is 4.99 Å². The maximum atomic E-state index is 11.9. The van der Waals surface area contributed by atoms with Crippen molar-refractivity contribution in [3.05, 3.63) is 0 Å². The molecule has 6 nitrogen and oxygen atoms in total. The number of aliphatic imine (C=N–C) groups is 1. The van der Waals surface area contributed by atoms with Crippen LogP contribution in [-0.2, 0) is 4.79 Å². The van der Waals surface area contributed by atoms with Crippen molar-refractivity contribution in [3.8, 4) is 0 Å². The molecule has 0 radical (unpaired) electrons. The van der Waals surface area contributed by atoms with E-state index < -0.39 is 0 Å². The van der Waals surface area contributed by atoms with Crippen LogP contribution < -0.4 is 10.6 Å². The minimum absolute atomic E-state index is 0.0378. The van der Waals surface area contributed by atoms with Gasteiger partial charge in [0.25, 0.3) is 0 Å². The lowest BCUT2D eigenvalue weighted by atomic mass is 9.96. The summed E-state index contributed by atoms with van der Waals surface area (Å²) in [4.78, 5) is 20.5. The number of amides is 1. The quantitative estimate of drug-likeness (QED) is 0.569. The van der Waals surface area contributed by atoms with Crippen LogP contribution in [0.5, 0.6) is 0 Å². The van der Waals surface area contributed by atoms with E-state index in [2.05, 4.69) is 27.4 Å². The first-order chi connectivity index (χ1) is 11.6. The lowest BCUT2D eigenvalue weighted by Crippen LogP contribution is -2.48. The third kappa shape index (κ3) is 5.96. The molecular weight excluding hydrogens is 302 g/mol. The summed E-state index contributed by atoms with van der Waals surface area (Å²) in [6.45, 7) is 5.64. The van der Waals surface area contributed by atoms with E-state index in [0.29, 0.717) is 12.1 Å². The number of hydrogen-bond acceptors (Lipinski definition) is 3. The van der Waals surface area contributed by atoms with Gasteiger partial charge in [0.1, 0.15) is 6.54 Å². The van der Waals surface area contributed by atoms with Gasteiger partial charge in [-0.2, -0.15) is 0 Å².